The minimum Gasteiger partial charge on any atom is -0.496 e. The minimum absolute atomic E-state index is 0.0249. The van der Waals surface area contributed by atoms with E-state index in [1.165, 1.54) is 0 Å². The molecule has 1 amide bonds. The summed E-state index contributed by atoms with van der Waals surface area (Å²) in [4.78, 5) is 25.4. The highest BCUT2D eigenvalue weighted by atomic mass is 16.5. The molecule has 1 saturated carbocycles. The lowest BCUT2D eigenvalue weighted by atomic mass is 9.81. The molecule has 5 heteroatoms. The molecule has 120 valence electrons. The van der Waals surface area contributed by atoms with E-state index in [1.54, 1.807) is 19.1 Å². The van der Waals surface area contributed by atoms with Gasteiger partial charge in [0.05, 0.1) is 13.0 Å². The maximum atomic E-state index is 12.6. The number of rotatable bonds is 5. The number of para-hydroxylation sites is 1. The van der Waals surface area contributed by atoms with Crippen molar-refractivity contribution in [1.29, 1.82) is 0 Å². The third-order valence-corrected chi connectivity index (χ3v) is 4.35. The lowest BCUT2D eigenvalue weighted by Gasteiger charge is -2.29. The molecular formula is C17H23NO4. The van der Waals surface area contributed by atoms with Crippen molar-refractivity contribution in [2.45, 2.75) is 32.2 Å². The van der Waals surface area contributed by atoms with E-state index in [4.69, 9.17) is 9.84 Å². The third kappa shape index (κ3) is 3.78. The van der Waals surface area contributed by atoms with Gasteiger partial charge < -0.3 is 14.7 Å². The molecule has 0 heterocycles. The zero-order valence-corrected chi connectivity index (χ0v) is 13.1. The summed E-state index contributed by atoms with van der Waals surface area (Å²) >= 11 is 0. The summed E-state index contributed by atoms with van der Waals surface area (Å²) in [5, 5.41) is 9.14. The summed E-state index contributed by atoms with van der Waals surface area (Å²) in [5.41, 5.74) is 0.950. The van der Waals surface area contributed by atoms with Gasteiger partial charge in [0.15, 0.2) is 0 Å². The Balaban J connectivity index is 2.01. The van der Waals surface area contributed by atoms with Crippen LogP contribution in [0.5, 0.6) is 5.75 Å². The van der Waals surface area contributed by atoms with E-state index >= 15 is 0 Å². The first kappa shape index (κ1) is 16.3. The molecule has 1 aromatic rings. The Morgan fingerprint density at radius 1 is 1.27 bits per heavy atom. The van der Waals surface area contributed by atoms with Gasteiger partial charge in [-0.3, -0.25) is 9.59 Å². The smallest absolute Gasteiger partial charge is 0.306 e. The SMILES string of the molecule is COc1ccccc1CN(C)C(=O)[C@@H]1CCC[C@H](C(=O)O)C1. The number of hydrogen-bond donors (Lipinski definition) is 1. The Bertz CT molecular complexity index is 543. The first-order valence-corrected chi connectivity index (χ1v) is 7.62. The number of carbonyl (C=O) groups excluding carboxylic acids is 1. The van der Waals surface area contributed by atoms with Crippen molar-refractivity contribution in [3.8, 4) is 5.75 Å². The molecular weight excluding hydrogens is 282 g/mol. The summed E-state index contributed by atoms with van der Waals surface area (Å²) < 4.78 is 5.30. The number of ether oxygens (including phenoxy) is 1. The Labute approximate surface area is 130 Å². The monoisotopic (exact) mass is 305 g/mol. The van der Waals surface area contributed by atoms with Crippen LogP contribution in [0.3, 0.4) is 0 Å². The zero-order valence-electron chi connectivity index (χ0n) is 13.1. The number of hydrogen-bond acceptors (Lipinski definition) is 3. The molecule has 0 saturated heterocycles. The predicted molar refractivity (Wildman–Crippen MR) is 82.6 cm³/mol. The topological polar surface area (TPSA) is 66.8 Å². The molecule has 1 aliphatic rings. The van der Waals surface area contributed by atoms with Gasteiger partial charge in [-0.2, -0.15) is 0 Å². The van der Waals surface area contributed by atoms with E-state index in [-0.39, 0.29) is 17.7 Å². The van der Waals surface area contributed by atoms with E-state index in [0.29, 0.717) is 19.4 Å². The fraction of sp³-hybridized carbons (Fsp3) is 0.529. The summed E-state index contributed by atoms with van der Waals surface area (Å²) in [6, 6.07) is 7.61. The molecule has 22 heavy (non-hydrogen) atoms. The largest absolute Gasteiger partial charge is 0.496 e. The number of carboxylic acid groups (broad SMARTS) is 1. The van der Waals surface area contributed by atoms with Gasteiger partial charge in [-0.15, -0.1) is 0 Å². The normalized spacial score (nSPS) is 21.2. The van der Waals surface area contributed by atoms with Gasteiger partial charge in [0, 0.05) is 25.1 Å². The molecule has 1 aromatic carbocycles. The fourth-order valence-corrected chi connectivity index (χ4v) is 3.12. The number of benzene rings is 1. The Morgan fingerprint density at radius 2 is 1.95 bits per heavy atom. The highest BCUT2D eigenvalue weighted by Gasteiger charge is 2.32. The fourth-order valence-electron chi connectivity index (χ4n) is 3.12. The van der Waals surface area contributed by atoms with E-state index in [1.807, 2.05) is 24.3 Å². The molecule has 2 rings (SSSR count). The Morgan fingerprint density at radius 3 is 2.64 bits per heavy atom. The van der Waals surface area contributed by atoms with Crippen LogP contribution in [0.25, 0.3) is 0 Å². The Kier molecular flexibility index (Phi) is 5.41. The average molecular weight is 305 g/mol. The van der Waals surface area contributed by atoms with Crippen molar-refractivity contribution in [3.05, 3.63) is 29.8 Å². The zero-order chi connectivity index (χ0) is 16.1. The number of carboxylic acids is 1. The van der Waals surface area contributed by atoms with Crippen LogP contribution in [0.2, 0.25) is 0 Å². The molecule has 0 unspecified atom stereocenters. The van der Waals surface area contributed by atoms with E-state index < -0.39 is 5.97 Å². The lowest BCUT2D eigenvalue weighted by molar-refractivity contribution is -0.145. The molecule has 0 bridgehead atoms. The van der Waals surface area contributed by atoms with E-state index in [9.17, 15) is 9.59 Å². The van der Waals surface area contributed by atoms with Crippen LogP contribution in [-0.4, -0.2) is 36.0 Å². The van der Waals surface area contributed by atoms with Crippen LogP contribution >= 0.6 is 0 Å². The van der Waals surface area contributed by atoms with Crippen molar-refractivity contribution in [1.82, 2.24) is 4.90 Å². The first-order chi connectivity index (χ1) is 10.5. The van der Waals surface area contributed by atoms with Crippen LogP contribution in [0.15, 0.2) is 24.3 Å². The molecule has 1 fully saturated rings. The molecule has 5 nitrogen and oxygen atoms in total. The molecule has 1 N–H and O–H groups in total. The number of methoxy groups -OCH3 is 1. The maximum absolute atomic E-state index is 12.6. The van der Waals surface area contributed by atoms with Gasteiger partial charge in [0.1, 0.15) is 5.75 Å². The average Bonchev–Trinajstić information content (AvgIpc) is 2.54. The number of nitrogens with zero attached hydrogens (tertiary/aromatic N) is 1. The predicted octanol–water partition coefficient (Wildman–Crippen LogP) is 2.54. The van der Waals surface area contributed by atoms with Gasteiger partial charge in [0.25, 0.3) is 0 Å². The van der Waals surface area contributed by atoms with Crippen molar-refractivity contribution >= 4 is 11.9 Å². The van der Waals surface area contributed by atoms with Crippen molar-refractivity contribution in [2.24, 2.45) is 11.8 Å². The van der Waals surface area contributed by atoms with Crippen molar-refractivity contribution < 1.29 is 19.4 Å². The number of aliphatic carboxylic acids is 1. The van der Waals surface area contributed by atoms with Crippen LogP contribution in [0.1, 0.15) is 31.2 Å². The summed E-state index contributed by atoms with van der Waals surface area (Å²) in [6.07, 6.45) is 2.70. The molecule has 2 atom stereocenters. The maximum Gasteiger partial charge on any atom is 0.306 e. The van der Waals surface area contributed by atoms with Gasteiger partial charge in [0.2, 0.25) is 5.91 Å². The standard InChI is InChI=1S/C17H23NO4/c1-18(11-14-6-3-4-9-15(14)22-2)16(19)12-7-5-8-13(10-12)17(20)21/h3-4,6,9,12-13H,5,7-8,10-11H2,1-2H3,(H,20,21)/t12-,13+/m1/s1. The molecule has 0 aliphatic heterocycles. The highest BCUT2D eigenvalue weighted by molar-refractivity contribution is 5.80. The second-order valence-electron chi connectivity index (χ2n) is 5.90. The Hall–Kier alpha value is -2.04. The summed E-state index contributed by atoms with van der Waals surface area (Å²) in [5.74, 6) is -0.576. The van der Waals surface area contributed by atoms with Crippen LogP contribution in [0, 0.1) is 11.8 Å². The van der Waals surface area contributed by atoms with Crippen molar-refractivity contribution in [3.63, 3.8) is 0 Å². The number of carbonyl (C=O) groups is 2. The second-order valence-corrected chi connectivity index (χ2v) is 5.90. The van der Waals surface area contributed by atoms with E-state index in [0.717, 1.165) is 24.2 Å². The van der Waals surface area contributed by atoms with Crippen LogP contribution in [0.4, 0.5) is 0 Å². The lowest BCUT2D eigenvalue weighted by Crippen LogP contribution is -2.36. The second kappa shape index (κ2) is 7.29. The van der Waals surface area contributed by atoms with Crippen molar-refractivity contribution in [2.75, 3.05) is 14.2 Å². The van der Waals surface area contributed by atoms with Crippen LogP contribution in [-0.2, 0) is 16.1 Å². The minimum atomic E-state index is -0.787. The first-order valence-electron chi connectivity index (χ1n) is 7.62. The third-order valence-electron chi connectivity index (χ3n) is 4.35. The van der Waals surface area contributed by atoms with Gasteiger partial charge in [-0.1, -0.05) is 24.6 Å². The van der Waals surface area contributed by atoms with Gasteiger partial charge >= 0.3 is 5.97 Å². The van der Waals surface area contributed by atoms with E-state index in [2.05, 4.69) is 0 Å². The van der Waals surface area contributed by atoms with Gasteiger partial charge in [-0.05, 0) is 25.3 Å². The summed E-state index contributed by atoms with van der Waals surface area (Å²) in [7, 11) is 3.37. The highest BCUT2D eigenvalue weighted by Crippen LogP contribution is 2.31. The molecule has 0 radical (unpaired) electrons. The van der Waals surface area contributed by atoms with Crippen LogP contribution < -0.4 is 4.74 Å². The molecule has 1 aliphatic carbocycles. The van der Waals surface area contributed by atoms with Gasteiger partial charge in [-0.25, -0.2) is 0 Å². The quantitative estimate of drug-likeness (QED) is 0.908. The molecule has 0 aromatic heterocycles. The molecule has 0 spiro atoms. The number of amides is 1. The summed E-state index contributed by atoms with van der Waals surface area (Å²) in [6.45, 7) is 0.469.